The third kappa shape index (κ3) is 3.59. The fourth-order valence-corrected chi connectivity index (χ4v) is 2.68. The first-order chi connectivity index (χ1) is 11.2. The zero-order chi connectivity index (χ0) is 16.2. The summed E-state index contributed by atoms with van der Waals surface area (Å²) in [7, 11) is 1.54. The smallest absolute Gasteiger partial charge is 0.255 e. The van der Waals surface area contributed by atoms with Crippen LogP contribution in [-0.4, -0.2) is 32.3 Å². The maximum atomic E-state index is 12.4. The summed E-state index contributed by atoms with van der Waals surface area (Å²) in [5, 5.41) is 2.86. The van der Waals surface area contributed by atoms with E-state index in [2.05, 4.69) is 21.2 Å². The monoisotopic (exact) mass is 377 g/mol. The lowest BCUT2D eigenvalue weighted by Crippen LogP contribution is -2.40. The maximum absolute atomic E-state index is 12.4. The average molecular weight is 378 g/mol. The van der Waals surface area contributed by atoms with Crippen LogP contribution in [0.5, 0.6) is 17.2 Å². The molecule has 0 bridgehead atoms. The van der Waals surface area contributed by atoms with Crippen LogP contribution in [0.4, 0.5) is 0 Å². The minimum atomic E-state index is -0.230. The molecule has 1 N–H and O–H groups in total. The molecule has 5 nitrogen and oxygen atoms in total. The number of para-hydroxylation sites is 2. The van der Waals surface area contributed by atoms with Gasteiger partial charge in [0.1, 0.15) is 18.5 Å². The van der Waals surface area contributed by atoms with E-state index in [1.807, 2.05) is 30.3 Å². The molecule has 0 saturated carbocycles. The predicted octanol–water partition coefficient (Wildman–Crippen LogP) is 3.03. The van der Waals surface area contributed by atoms with E-state index in [0.717, 1.165) is 10.2 Å². The van der Waals surface area contributed by atoms with Gasteiger partial charge in [-0.2, -0.15) is 0 Å². The highest BCUT2D eigenvalue weighted by molar-refractivity contribution is 9.10. The van der Waals surface area contributed by atoms with E-state index in [4.69, 9.17) is 14.2 Å². The maximum Gasteiger partial charge on any atom is 0.255 e. The normalized spacial score (nSPS) is 15.8. The van der Waals surface area contributed by atoms with E-state index < -0.39 is 0 Å². The molecule has 0 radical (unpaired) electrons. The van der Waals surface area contributed by atoms with Crippen LogP contribution in [0.25, 0.3) is 0 Å². The largest absolute Gasteiger partial charge is 0.496 e. The fourth-order valence-electron chi connectivity index (χ4n) is 2.32. The highest BCUT2D eigenvalue weighted by Gasteiger charge is 2.22. The molecule has 3 rings (SSSR count). The molecule has 1 aliphatic heterocycles. The van der Waals surface area contributed by atoms with Crippen LogP contribution in [-0.2, 0) is 0 Å². The van der Waals surface area contributed by atoms with Gasteiger partial charge in [0.25, 0.3) is 5.91 Å². The molecule has 0 unspecified atom stereocenters. The van der Waals surface area contributed by atoms with Crippen LogP contribution >= 0.6 is 15.9 Å². The van der Waals surface area contributed by atoms with Gasteiger partial charge in [-0.05, 0) is 30.3 Å². The summed E-state index contributed by atoms with van der Waals surface area (Å²) >= 11 is 3.36. The van der Waals surface area contributed by atoms with Gasteiger partial charge in [0.05, 0.1) is 19.2 Å². The Labute approximate surface area is 142 Å². The number of carbonyl (C=O) groups excluding carboxylic acids is 1. The average Bonchev–Trinajstić information content (AvgIpc) is 2.59. The summed E-state index contributed by atoms with van der Waals surface area (Å²) in [6.07, 6.45) is -0.230. The fraction of sp³-hybridized carbons (Fsp3) is 0.235. The van der Waals surface area contributed by atoms with Crippen molar-refractivity contribution in [3.8, 4) is 17.2 Å². The number of fused-ring (bicyclic) bond motifs is 1. The van der Waals surface area contributed by atoms with Gasteiger partial charge in [-0.15, -0.1) is 0 Å². The zero-order valence-electron chi connectivity index (χ0n) is 12.5. The van der Waals surface area contributed by atoms with E-state index in [-0.39, 0.29) is 12.0 Å². The zero-order valence-corrected chi connectivity index (χ0v) is 14.1. The Hall–Kier alpha value is -2.21. The molecule has 0 aliphatic carbocycles. The van der Waals surface area contributed by atoms with Crippen molar-refractivity contribution in [1.82, 2.24) is 5.32 Å². The number of nitrogens with one attached hydrogen (secondary N) is 1. The van der Waals surface area contributed by atoms with Gasteiger partial charge in [0.15, 0.2) is 11.5 Å². The molecule has 1 amide bonds. The van der Waals surface area contributed by atoms with Gasteiger partial charge in [-0.3, -0.25) is 4.79 Å². The highest BCUT2D eigenvalue weighted by atomic mass is 79.9. The number of hydrogen-bond acceptors (Lipinski definition) is 4. The number of benzene rings is 2. The summed E-state index contributed by atoms with van der Waals surface area (Å²) in [6.45, 7) is 0.746. The molecular formula is C17H16BrNO4. The Morgan fingerprint density at radius 2 is 2.09 bits per heavy atom. The number of rotatable bonds is 4. The number of ether oxygens (including phenoxy) is 3. The lowest BCUT2D eigenvalue weighted by molar-refractivity contribution is 0.0787. The van der Waals surface area contributed by atoms with Gasteiger partial charge in [-0.25, -0.2) is 0 Å². The lowest BCUT2D eigenvalue weighted by Gasteiger charge is -2.26. The minimum Gasteiger partial charge on any atom is -0.496 e. The van der Waals surface area contributed by atoms with Crippen molar-refractivity contribution in [2.45, 2.75) is 6.10 Å². The molecule has 120 valence electrons. The van der Waals surface area contributed by atoms with E-state index in [1.165, 1.54) is 7.11 Å². The highest BCUT2D eigenvalue weighted by Crippen LogP contribution is 2.30. The third-order valence-corrected chi connectivity index (χ3v) is 3.96. The quantitative estimate of drug-likeness (QED) is 0.889. The standard InChI is InChI=1S/C17H16BrNO4/c1-21-14-7-6-11(18)8-13(14)17(20)19-9-12-10-22-15-4-2-3-5-16(15)23-12/h2-8,12H,9-10H2,1H3,(H,19,20)/t12-/m1/s1. The molecule has 2 aromatic rings. The molecule has 2 aromatic carbocycles. The molecular weight excluding hydrogens is 362 g/mol. The summed E-state index contributed by atoms with van der Waals surface area (Å²) in [5.41, 5.74) is 0.471. The van der Waals surface area contributed by atoms with E-state index in [1.54, 1.807) is 12.1 Å². The molecule has 6 heteroatoms. The second-order valence-corrected chi connectivity index (χ2v) is 5.97. The first kappa shape index (κ1) is 15.7. The van der Waals surface area contributed by atoms with Crippen molar-refractivity contribution in [1.29, 1.82) is 0 Å². The van der Waals surface area contributed by atoms with E-state index >= 15 is 0 Å². The lowest BCUT2D eigenvalue weighted by atomic mass is 10.2. The van der Waals surface area contributed by atoms with Crippen LogP contribution in [0.1, 0.15) is 10.4 Å². The van der Waals surface area contributed by atoms with Crippen molar-refractivity contribution in [2.75, 3.05) is 20.3 Å². The van der Waals surface area contributed by atoms with Gasteiger partial charge in [0.2, 0.25) is 0 Å². The van der Waals surface area contributed by atoms with Gasteiger partial charge < -0.3 is 19.5 Å². The van der Waals surface area contributed by atoms with E-state index in [9.17, 15) is 4.79 Å². The van der Waals surface area contributed by atoms with Crippen molar-refractivity contribution >= 4 is 21.8 Å². The number of methoxy groups -OCH3 is 1. The van der Waals surface area contributed by atoms with Gasteiger partial charge >= 0.3 is 0 Å². The molecule has 0 saturated heterocycles. The van der Waals surface area contributed by atoms with Crippen LogP contribution in [0, 0.1) is 0 Å². The number of hydrogen-bond donors (Lipinski definition) is 1. The molecule has 1 atom stereocenters. The van der Waals surface area contributed by atoms with Crippen LogP contribution in [0.2, 0.25) is 0 Å². The Morgan fingerprint density at radius 1 is 1.30 bits per heavy atom. The molecule has 1 heterocycles. The summed E-state index contributed by atoms with van der Waals surface area (Å²) in [6, 6.07) is 12.8. The Bertz CT molecular complexity index is 719. The van der Waals surface area contributed by atoms with Gasteiger partial charge in [-0.1, -0.05) is 28.1 Å². The molecule has 1 aliphatic rings. The molecule has 23 heavy (non-hydrogen) atoms. The predicted molar refractivity (Wildman–Crippen MR) is 89.4 cm³/mol. The Kier molecular flexibility index (Phi) is 4.71. The number of amides is 1. The topological polar surface area (TPSA) is 56.8 Å². The van der Waals surface area contributed by atoms with Crippen molar-refractivity contribution < 1.29 is 19.0 Å². The first-order valence-electron chi connectivity index (χ1n) is 7.17. The molecule has 0 spiro atoms. The van der Waals surface area contributed by atoms with Gasteiger partial charge in [0, 0.05) is 4.47 Å². The van der Waals surface area contributed by atoms with Crippen molar-refractivity contribution in [2.24, 2.45) is 0 Å². The number of carbonyl (C=O) groups is 1. The van der Waals surface area contributed by atoms with Crippen LogP contribution in [0.15, 0.2) is 46.9 Å². The Balaban J connectivity index is 1.63. The van der Waals surface area contributed by atoms with Crippen LogP contribution in [0.3, 0.4) is 0 Å². The summed E-state index contributed by atoms with van der Waals surface area (Å²) in [4.78, 5) is 12.4. The first-order valence-corrected chi connectivity index (χ1v) is 7.97. The Morgan fingerprint density at radius 3 is 2.87 bits per heavy atom. The SMILES string of the molecule is COc1ccc(Br)cc1C(=O)NC[C@@H]1COc2ccccc2O1. The summed E-state index contributed by atoms with van der Waals surface area (Å²) < 4.78 is 17.5. The minimum absolute atomic E-state index is 0.217. The van der Waals surface area contributed by atoms with E-state index in [0.29, 0.717) is 30.2 Å². The van der Waals surface area contributed by atoms with Crippen molar-refractivity contribution in [3.05, 3.63) is 52.5 Å². The number of halogens is 1. The molecule has 0 aromatic heterocycles. The second kappa shape index (κ2) is 6.91. The second-order valence-electron chi connectivity index (χ2n) is 5.05. The van der Waals surface area contributed by atoms with Crippen LogP contribution < -0.4 is 19.5 Å². The third-order valence-electron chi connectivity index (χ3n) is 3.46. The molecule has 0 fully saturated rings. The summed E-state index contributed by atoms with van der Waals surface area (Å²) in [5.74, 6) is 1.73. The van der Waals surface area contributed by atoms with Crippen molar-refractivity contribution in [3.63, 3.8) is 0 Å².